The van der Waals surface area contributed by atoms with Crippen LogP contribution in [0.15, 0.2) is 22.7 Å². The Morgan fingerprint density at radius 1 is 1.29 bits per heavy atom. The second kappa shape index (κ2) is 5.84. The van der Waals surface area contributed by atoms with E-state index in [9.17, 15) is 4.79 Å². The summed E-state index contributed by atoms with van der Waals surface area (Å²) in [6, 6.07) is 6.36. The molecule has 0 unspecified atom stereocenters. The van der Waals surface area contributed by atoms with Crippen molar-refractivity contribution in [2.45, 2.75) is 45.6 Å². The fourth-order valence-corrected chi connectivity index (χ4v) is 3.85. The Kier molecular flexibility index (Phi) is 4.07. The maximum Gasteiger partial charge on any atom is 0.267 e. The Morgan fingerprint density at radius 3 is 2.81 bits per heavy atom. The second-order valence-electron chi connectivity index (χ2n) is 6.21. The molecular formula is C17H21BrN2O. The van der Waals surface area contributed by atoms with Gasteiger partial charge in [0.15, 0.2) is 0 Å². The Hall–Kier alpha value is -1.29. The van der Waals surface area contributed by atoms with Gasteiger partial charge in [0.25, 0.3) is 5.91 Å². The van der Waals surface area contributed by atoms with Gasteiger partial charge in [0.2, 0.25) is 0 Å². The first kappa shape index (κ1) is 14.6. The number of fused-ring (bicyclic) bond motifs is 1. The van der Waals surface area contributed by atoms with E-state index < -0.39 is 0 Å². The van der Waals surface area contributed by atoms with E-state index in [1.807, 2.05) is 12.1 Å². The molecule has 0 saturated heterocycles. The third kappa shape index (κ3) is 3.00. The first-order valence-electron chi connectivity index (χ1n) is 7.64. The molecule has 112 valence electrons. The molecule has 1 aromatic carbocycles. The van der Waals surface area contributed by atoms with Crippen molar-refractivity contribution in [1.29, 1.82) is 0 Å². The van der Waals surface area contributed by atoms with Crippen LogP contribution in [0.2, 0.25) is 0 Å². The number of hydrogen-bond donors (Lipinski definition) is 2. The molecule has 1 fully saturated rings. The van der Waals surface area contributed by atoms with Crippen LogP contribution in [0.25, 0.3) is 10.9 Å². The molecule has 4 heteroatoms. The van der Waals surface area contributed by atoms with Gasteiger partial charge in [0.1, 0.15) is 5.69 Å². The molecular weight excluding hydrogens is 328 g/mol. The third-order valence-corrected chi connectivity index (χ3v) is 5.04. The molecule has 1 saturated carbocycles. The van der Waals surface area contributed by atoms with Gasteiger partial charge in [-0.15, -0.1) is 0 Å². The van der Waals surface area contributed by atoms with E-state index in [1.165, 1.54) is 24.8 Å². The molecule has 0 aliphatic heterocycles. The highest BCUT2D eigenvalue weighted by Gasteiger charge is 2.23. The average molecular weight is 349 g/mol. The fourth-order valence-electron chi connectivity index (χ4n) is 3.27. The standard InChI is InChI=1S/C17H21BrN2O/c1-10-5-3-4-6-14(10)20-17(21)16-9-13-11(2)7-12(18)8-15(13)19-16/h7-10,14,19H,3-6H2,1-2H3,(H,20,21)/t10-,14+/m0/s1. The number of benzene rings is 1. The molecule has 2 N–H and O–H groups in total. The van der Waals surface area contributed by atoms with Crippen LogP contribution in [0, 0.1) is 12.8 Å². The van der Waals surface area contributed by atoms with Crippen LogP contribution in [-0.4, -0.2) is 16.9 Å². The number of hydrogen-bond acceptors (Lipinski definition) is 1. The van der Waals surface area contributed by atoms with E-state index in [0.717, 1.165) is 21.8 Å². The Bertz CT molecular complexity index is 677. The third-order valence-electron chi connectivity index (χ3n) is 4.58. The van der Waals surface area contributed by atoms with E-state index in [-0.39, 0.29) is 5.91 Å². The zero-order valence-electron chi connectivity index (χ0n) is 12.5. The predicted molar refractivity (Wildman–Crippen MR) is 89.6 cm³/mol. The van der Waals surface area contributed by atoms with Crippen molar-refractivity contribution in [3.8, 4) is 0 Å². The lowest BCUT2D eigenvalue weighted by Gasteiger charge is -2.29. The van der Waals surface area contributed by atoms with Crippen LogP contribution >= 0.6 is 15.9 Å². The van der Waals surface area contributed by atoms with Crippen molar-refractivity contribution in [2.75, 3.05) is 0 Å². The van der Waals surface area contributed by atoms with E-state index >= 15 is 0 Å². The number of rotatable bonds is 2. The van der Waals surface area contributed by atoms with Crippen molar-refractivity contribution in [3.63, 3.8) is 0 Å². The van der Waals surface area contributed by atoms with Gasteiger partial charge in [-0.05, 0) is 49.4 Å². The average Bonchev–Trinajstić information content (AvgIpc) is 2.85. The lowest BCUT2D eigenvalue weighted by molar-refractivity contribution is 0.0906. The van der Waals surface area contributed by atoms with E-state index in [2.05, 4.69) is 46.1 Å². The van der Waals surface area contributed by atoms with Crippen LogP contribution in [0.3, 0.4) is 0 Å². The number of aromatic amines is 1. The van der Waals surface area contributed by atoms with Crippen molar-refractivity contribution >= 4 is 32.7 Å². The number of aromatic nitrogens is 1. The van der Waals surface area contributed by atoms with E-state index in [0.29, 0.717) is 17.7 Å². The van der Waals surface area contributed by atoms with Crippen LogP contribution < -0.4 is 5.32 Å². The molecule has 3 nitrogen and oxygen atoms in total. The monoisotopic (exact) mass is 348 g/mol. The summed E-state index contributed by atoms with van der Waals surface area (Å²) in [5, 5.41) is 4.31. The summed E-state index contributed by atoms with van der Waals surface area (Å²) in [4.78, 5) is 15.7. The maximum absolute atomic E-state index is 12.5. The molecule has 1 amide bonds. The lowest BCUT2D eigenvalue weighted by Crippen LogP contribution is -2.41. The van der Waals surface area contributed by atoms with Crippen molar-refractivity contribution in [1.82, 2.24) is 10.3 Å². The topological polar surface area (TPSA) is 44.9 Å². The van der Waals surface area contributed by atoms with Crippen molar-refractivity contribution in [2.24, 2.45) is 5.92 Å². The number of carbonyl (C=O) groups is 1. The smallest absolute Gasteiger partial charge is 0.267 e. The minimum atomic E-state index is 0.0143. The molecule has 0 bridgehead atoms. The number of carbonyl (C=O) groups excluding carboxylic acids is 1. The van der Waals surface area contributed by atoms with Crippen LogP contribution in [0.5, 0.6) is 0 Å². The summed E-state index contributed by atoms with van der Waals surface area (Å²) in [7, 11) is 0. The number of nitrogens with one attached hydrogen (secondary N) is 2. The highest BCUT2D eigenvalue weighted by atomic mass is 79.9. The molecule has 1 heterocycles. The lowest BCUT2D eigenvalue weighted by atomic mass is 9.86. The molecule has 1 aliphatic carbocycles. The highest BCUT2D eigenvalue weighted by Crippen LogP contribution is 2.26. The predicted octanol–water partition coefficient (Wildman–Crippen LogP) is 4.55. The van der Waals surface area contributed by atoms with Gasteiger partial charge in [-0.3, -0.25) is 4.79 Å². The zero-order chi connectivity index (χ0) is 15.0. The molecule has 0 radical (unpaired) electrons. The van der Waals surface area contributed by atoms with Gasteiger partial charge < -0.3 is 10.3 Å². The molecule has 0 spiro atoms. The SMILES string of the molecule is Cc1cc(Br)cc2[nH]c(C(=O)N[C@@H]3CCCC[C@@H]3C)cc12. The van der Waals surface area contributed by atoms with Gasteiger partial charge in [-0.25, -0.2) is 0 Å². The van der Waals surface area contributed by atoms with Crippen LogP contribution in [0.4, 0.5) is 0 Å². The fraction of sp³-hybridized carbons (Fsp3) is 0.471. The first-order valence-corrected chi connectivity index (χ1v) is 8.43. The molecule has 3 rings (SSSR count). The van der Waals surface area contributed by atoms with Crippen molar-refractivity contribution < 1.29 is 4.79 Å². The highest BCUT2D eigenvalue weighted by molar-refractivity contribution is 9.10. The molecule has 1 aromatic heterocycles. The van der Waals surface area contributed by atoms with Crippen LogP contribution in [0.1, 0.15) is 48.7 Å². The van der Waals surface area contributed by atoms with Gasteiger partial charge in [-0.1, -0.05) is 35.7 Å². The van der Waals surface area contributed by atoms with Crippen molar-refractivity contribution in [3.05, 3.63) is 33.9 Å². The molecule has 2 aromatic rings. The van der Waals surface area contributed by atoms with E-state index in [1.54, 1.807) is 0 Å². The summed E-state index contributed by atoms with van der Waals surface area (Å²) in [6.45, 7) is 4.29. The minimum absolute atomic E-state index is 0.0143. The normalized spacial score (nSPS) is 22.4. The maximum atomic E-state index is 12.5. The quantitative estimate of drug-likeness (QED) is 0.821. The largest absolute Gasteiger partial charge is 0.350 e. The Balaban J connectivity index is 1.83. The zero-order valence-corrected chi connectivity index (χ0v) is 14.1. The summed E-state index contributed by atoms with van der Waals surface area (Å²) in [5.74, 6) is 0.587. The summed E-state index contributed by atoms with van der Waals surface area (Å²) < 4.78 is 1.03. The first-order chi connectivity index (χ1) is 10.0. The van der Waals surface area contributed by atoms with E-state index in [4.69, 9.17) is 0 Å². The van der Waals surface area contributed by atoms with Gasteiger partial charge in [0, 0.05) is 21.4 Å². The summed E-state index contributed by atoms with van der Waals surface area (Å²) >= 11 is 3.50. The second-order valence-corrected chi connectivity index (χ2v) is 7.12. The molecule has 2 atom stereocenters. The van der Waals surface area contributed by atoms with Gasteiger partial charge >= 0.3 is 0 Å². The molecule has 21 heavy (non-hydrogen) atoms. The Morgan fingerprint density at radius 2 is 2.05 bits per heavy atom. The number of halogens is 1. The van der Waals surface area contributed by atoms with Gasteiger partial charge in [0.05, 0.1) is 0 Å². The Labute approximate surface area is 133 Å². The van der Waals surface area contributed by atoms with Crippen LogP contribution in [-0.2, 0) is 0 Å². The molecule has 1 aliphatic rings. The number of aryl methyl sites for hydroxylation is 1. The summed E-state index contributed by atoms with van der Waals surface area (Å²) in [5.41, 5.74) is 2.83. The number of H-pyrrole nitrogens is 1. The minimum Gasteiger partial charge on any atom is -0.350 e. The number of amides is 1. The van der Waals surface area contributed by atoms with Gasteiger partial charge in [-0.2, -0.15) is 0 Å². The summed E-state index contributed by atoms with van der Waals surface area (Å²) in [6.07, 6.45) is 4.81.